The lowest BCUT2D eigenvalue weighted by molar-refractivity contribution is 0.250. The fourth-order valence-electron chi connectivity index (χ4n) is 1.94. The number of aryl methyl sites for hydroxylation is 1. The van der Waals surface area contributed by atoms with Gasteiger partial charge in [-0.2, -0.15) is 0 Å². The van der Waals surface area contributed by atoms with Crippen LogP contribution in [0.25, 0.3) is 0 Å². The van der Waals surface area contributed by atoms with E-state index in [1.165, 1.54) is 6.07 Å². The van der Waals surface area contributed by atoms with Crippen molar-refractivity contribution < 1.29 is 14.6 Å². The summed E-state index contributed by atoms with van der Waals surface area (Å²) in [5.74, 6) is 1.01. The molecule has 0 saturated carbocycles. The van der Waals surface area contributed by atoms with Gasteiger partial charge in [0.05, 0.1) is 6.61 Å². The Morgan fingerprint density at radius 2 is 1.95 bits per heavy atom. The van der Waals surface area contributed by atoms with Crippen LogP contribution in [0, 0.1) is 6.92 Å². The van der Waals surface area contributed by atoms with Crippen molar-refractivity contribution in [2.45, 2.75) is 13.3 Å². The molecule has 0 saturated heterocycles. The van der Waals surface area contributed by atoms with Crippen molar-refractivity contribution in [3.63, 3.8) is 0 Å². The number of amides is 2. The fourth-order valence-corrected chi connectivity index (χ4v) is 1.94. The van der Waals surface area contributed by atoms with E-state index in [1.807, 2.05) is 37.3 Å². The van der Waals surface area contributed by atoms with E-state index in [9.17, 15) is 9.90 Å². The van der Waals surface area contributed by atoms with Gasteiger partial charge in [0.1, 0.15) is 11.5 Å². The van der Waals surface area contributed by atoms with Crippen LogP contribution in [-0.4, -0.2) is 24.3 Å². The number of nitrogens with one attached hydrogen (secondary N) is 2. The maximum absolute atomic E-state index is 11.8. The van der Waals surface area contributed by atoms with Gasteiger partial charge >= 0.3 is 6.03 Å². The van der Waals surface area contributed by atoms with Gasteiger partial charge in [0, 0.05) is 12.2 Å². The van der Waals surface area contributed by atoms with Crippen LogP contribution in [0.4, 0.5) is 10.5 Å². The number of para-hydroxylation sites is 1. The third kappa shape index (κ3) is 5.01. The Labute approximate surface area is 129 Å². The number of hydrogen-bond acceptors (Lipinski definition) is 3. The molecule has 0 spiro atoms. The molecule has 3 N–H and O–H groups in total. The normalized spacial score (nSPS) is 10.0. The van der Waals surface area contributed by atoms with Crippen LogP contribution < -0.4 is 15.4 Å². The first-order chi connectivity index (χ1) is 10.6. The largest absolute Gasteiger partial charge is 0.508 e. The molecule has 0 atom stereocenters. The summed E-state index contributed by atoms with van der Waals surface area (Å²) in [5.41, 5.74) is 1.48. The Morgan fingerprint density at radius 1 is 1.18 bits per heavy atom. The topological polar surface area (TPSA) is 70.6 Å². The number of ether oxygens (including phenoxy) is 1. The number of urea groups is 1. The van der Waals surface area contributed by atoms with Crippen molar-refractivity contribution in [2.75, 3.05) is 18.5 Å². The maximum atomic E-state index is 11.8. The minimum Gasteiger partial charge on any atom is -0.508 e. The van der Waals surface area contributed by atoms with Gasteiger partial charge in [-0.3, -0.25) is 0 Å². The van der Waals surface area contributed by atoms with Crippen molar-refractivity contribution in [3.8, 4) is 11.5 Å². The first-order valence-electron chi connectivity index (χ1n) is 7.17. The lowest BCUT2D eigenvalue weighted by Crippen LogP contribution is -2.30. The number of aromatic hydroxyl groups is 1. The van der Waals surface area contributed by atoms with Crippen LogP contribution in [0.2, 0.25) is 0 Å². The van der Waals surface area contributed by atoms with Crippen LogP contribution in [0.1, 0.15) is 12.0 Å². The highest BCUT2D eigenvalue weighted by Crippen LogP contribution is 2.19. The van der Waals surface area contributed by atoms with Crippen molar-refractivity contribution in [3.05, 3.63) is 54.1 Å². The quantitative estimate of drug-likeness (QED) is 0.566. The lowest BCUT2D eigenvalue weighted by atomic mass is 10.2. The highest BCUT2D eigenvalue weighted by molar-refractivity contribution is 5.90. The van der Waals surface area contributed by atoms with Gasteiger partial charge in [-0.15, -0.1) is 0 Å². The van der Waals surface area contributed by atoms with Gasteiger partial charge in [0.2, 0.25) is 0 Å². The number of carbonyl (C=O) groups excluding carboxylic acids is 1. The summed E-state index contributed by atoms with van der Waals surface area (Å²) in [7, 11) is 0. The van der Waals surface area contributed by atoms with Crippen LogP contribution >= 0.6 is 0 Å². The molecule has 2 rings (SSSR count). The zero-order valence-corrected chi connectivity index (χ0v) is 12.5. The van der Waals surface area contributed by atoms with E-state index in [2.05, 4.69) is 10.6 Å². The van der Waals surface area contributed by atoms with E-state index in [4.69, 9.17) is 4.74 Å². The Morgan fingerprint density at radius 3 is 2.68 bits per heavy atom. The first-order valence-corrected chi connectivity index (χ1v) is 7.17. The molecule has 0 aliphatic rings. The van der Waals surface area contributed by atoms with Gasteiger partial charge in [-0.05, 0) is 49.2 Å². The minimum atomic E-state index is -0.270. The number of phenolic OH excluding ortho intramolecular Hbond substituents is 1. The van der Waals surface area contributed by atoms with E-state index >= 15 is 0 Å². The molecule has 2 aromatic carbocycles. The van der Waals surface area contributed by atoms with Crippen LogP contribution in [0.5, 0.6) is 11.5 Å². The second kappa shape index (κ2) is 7.93. The highest BCUT2D eigenvalue weighted by atomic mass is 16.5. The summed E-state index contributed by atoms with van der Waals surface area (Å²) in [6.07, 6.45) is 0.719. The average Bonchev–Trinajstić information content (AvgIpc) is 2.51. The van der Waals surface area contributed by atoms with E-state index in [0.717, 1.165) is 17.7 Å². The molecule has 22 heavy (non-hydrogen) atoms. The summed E-state index contributed by atoms with van der Waals surface area (Å²) in [6, 6.07) is 14.1. The summed E-state index contributed by atoms with van der Waals surface area (Å²) < 4.78 is 5.54. The van der Waals surface area contributed by atoms with Crippen LogP contribution in [-0.2, 0) is 0 Å². The molecule has 5 nitrogen and oxygen atoms in total. The summed E-state index contributed by atoms with van der Waals surface area (Å²) in [4.78, 5) is 11.8. The van der Waals surface area contributed by atoms with Crippen molar-refractivity contribution in [1.29, 1.82) is 0 Å². The number of phenols is 1. The second-order valence-corrected chi connectivity index (χ2v) is 4.90. The van der Waals surface area contributed by atoms with Gasteiger partial charge in [-0.1, -0.05) is 18.2 Å². The second-order valence-electron chi connectivity index (χ2n) is 4.90. The number of rotatable bonds is 6. The molecular weight excluding hydrogens is 280 g/mol. The standard InChI is InChI=1S/C17H20N2O3/c1-13-12-14(20)8-9-16(13)19-17(21)18-10-5-11-22-15-6-3-2-4-7-15/h2-4,6-9,12,20H,5,10-11H2,1H3,(H2,18,19,21). The summed E-state index contributed by atoms with van der Waals surface area (Å²) >= 11 is 0. The fraction of sp³-hybridized carbons (Fsp3) is 0.235. The van der Waals surface area contributed by atoms with Crippen LogP contribution in [0.3, 0.4) is 0 Å². The van der Waals surface area contributed by atoms with Crippen molar-refractivity contribution >= 4 is 11.7 Å². The average molecular weight is 300 g/mol. The number of benzene rings is 2. The molecule has 0 unspecified atom stereocenters. The van der Waals surface area contributed by atoms with Gasteiger partial charge in [0.15, 0.2) is 0 Å². The van der Waals surface area contributed by atoms with E-state index < -0.39 is 0 Å². The van der Waals surface area contributed by atoms with Crippen molar-refractivity contribution in [1.82, 2.24) is 5.32 Å². The Hall–Kier alpha value is -2.69. The molecule has 0 aliphatic heterocycles. The van der Waals surface area contributed by atoms with Gasteiger partial charge < -0.3 is 20.5 Å². The molecule has 0 aliphatic carbocycles. The molecule has 0 bridgehead atoms. The minimum absolute atomic E-state index is 0.182. The molecule has 2 amide bonds. The van der Waals surface area contributed by atoms with Gasteiger partial charge in [-0.25, -0.2) is 4.79 Å². The zero-order chi connectivity index (χ0) is 15.8. The number of carbonyl (C=O) groups is 1. The molecule has 0 fully saturated rings. The van der Waals surface area contributed by atoms with Gasteiger partial charge in [0.25, 0.3) is 0 Å². The maximum Gasteiger partial charge on any atom is 0.319 e. The molecule has 0 aromatic heterocycles. The van der Waals surface area contributed by atoms with E-state index in [1.54, 1.807) is 12.1 Å². The molecule has 5 heteroatoms. The Bertz CT molecular complexity index is 615. The highest BCUT2D eigenvalue weighted by Gasteiger charge is 2.04. The third-order valence-corrected chi connectivity index (χ3v) is 3.08. The Kier molecular flexibility index (Phi) is 5.65. The monoisotopic (exact) mass is 300 g/mol. The predicted molar refractivity (Wildman–Crippen MR) is 86.4 cm³/mol. The third-order valence-electron chi connectivity index (χ3n) is 3.08. The Balaban J connectivity index is 1.65. The SMILES string of the molecule is Cc1cc(O)ccc1NC(=O)NCCCOc1ccccc1. The van der Waals surface area contributed by atoms with E-state index in [-0.39, 0.29) is 11.8 Å². The zero-order valence-electron chi connectivity index (χ0n) is 12.5. The molecule has 0 radical (unpaired) electrons. The summed E-state index contributed by atoms with van der Waals surface area (Å²) in [5, 5.41) is 14.8. The summed E-state index contributed by atoms with van der Waals surface area (Å²) in [6.45, 7) is 2.89. The number of anilines is 1. The first kappa shape index (κ1) is 15.7. The molecule has 0 heterocycles. The molecule has 2 aromatic rings. The predicted octanol–water partition coefficient (Wildman–Crippen LogP) is 3.29. The number of hydrogen-bond donors (Lipinski definition) is 3. The van der Waals surface area contributed by atoms with Crippen LogP contribution in [0.15, 0.2) is 48.5 Å². The molecular formula is C17H20N2O3. The van der Waals surface area contributed by atoms with E-state index in [0.29, 0.717) is 18.8 Å². The lowest BCUT2D eigenvalue weighted by Gasteiger charge is -2.10. The molecule has 116 valence electrons. The smallest absolute Gasteiger partial charge is 0.319 e. The van der Waals surface area contributed by atoms with Crippen molar-refractivity contribution in [2.24, 2.45) is 0 Å².